The number of hydrogen-bond donors (Lipinski definition) is 1. The number of nitrogens with zero attached hydrogens (tertiary/aromatic N) is 3. The van der Waals surface area contributed by atoms with Crippen LogP contribution in [-0.2, 0) is 7.05 Å². The highest BCUT2D eigenvalue weighted by atomic mass is 16.2. The molecule has 0 atom stereocenters. The van der Waals surface area contributed by atoms with Gasteiger partial charge >= 0.3 is 5.69 Å². The summed E-state index contributed by atoms with van der Waals surface area (Å²) >= 11 is 0. The summed E-state index contributed by atoms with van der Waals surface area (Å²) in [5.41, 5.74) is 4.47. The second kappa shape index (κ2) is 5.46. The van der Waals surface area contributed by atoms with Crippen LogP contribution in [0.2, 0.25) is 0 Å². The molecule has 0 aliphatic heterocycles. The molecule has 0 bridgehead atoms. The van der Waals surface area contributed by atoms with Gasteiger partial charge in [0, 0.05) is 7.05 Å². The predicted molar refractivity (Wildman–Crippen MR) is 76.3 cm³/mol. The molecule has 0 amide bonds. The van der Waals surface area contributed by atoms with Gasteiger partial charge in [0.15, 0.2) is 5.78 Å². The molecular formula is C14H12N4O3. The maximum Gasteiger partial charge on any atom is 0.336 e. The highest BCUT2D eigenvalue weighted by Crippen LogP contribution is 2.13. The van der Waals surface area contributed by atoms with E-state index in [-0.39, 0.29) is 11.4 Å². The molecule has 0 saturated heterocycles. The van der Waals surface area contributed by atoms with Crippen LogP contribution < -0.4 is 17.0 Å². The number of Topliss-reactive ketones (excluding diaryl/α,β-unsaturated/α-hetero) is 1. The maximum atomic E-state index is 12.2. The molecule has 7 heteroatoms. The zero-order valence-corrected chi connectivity index (χ0v) is 11.2. The largest absolute Gasteiger partial charge is 0.384 e. The number of para-hydroxylation sites is 1. The smallest absolute Gasteiger partial charge is 0.336 e. The van der Waals surface area contributed by atoms with Gasteiger partial charge in [0.05, 0.1) is 18.2 Å². The Labute approximate surface area is 119 Å². The monoisotopic (exact) mass is 284 g/mol. The van der Waals surface area contributed by atoms with Gasteiger partial charge in [-0.3, -0.25) is 14.2 Å². The number of carbonyl (C=O) groups excluding carboxylic acids is 1. The third-order valence-electron chi connectivity index (χ3n) is 3.03. The second-order valence-electron chi connectivity index (χ2n) is 4.34. The van der Waals surface area contributed by atoms with Crippen molar-refractivity contribution in [1.29, 1.82) is 5.26 Å². The van der Waals surface area contributed by atoms with Crippen LogP contribution in [0, 0.1) is 11.3 Å². The van der Waals surface area contributed by atoms with Crippen molar-refractivity contribution in [3.8, 4) is 11.8 Å². The molecule has 0 spiro atoms. The number of ketones is 1. The number of nitrogens with two attached hydrogens (primary N) is 1. The lowest BCUT2D eigenvalue weighted by atomic mass is 10.1. The molecule has 1 heterocycles. The van der Waals surface area contributed by atoms with Crippen molar-refractivity contribution in [2.24, 2.45) is 7.05 Å². The molecule has 1 aromatic carbocycles. The third-order valence-corrected chi connectivity index (χ3v) is 3.03. The Kier molecular flexibility index (Phi) is 3.71. The van der Waals surface area contributed by atoms with Gasteiger partial charge in [-0.1, -0.05) is 18.2 Å². The number of benzene rings is 1. The van der Waals surface area contributed by atoms with Crippen LogP contribution in [0.5, 0.6) is 0 Å². The minimum atomic E-state index is -0.801. The van der Waals surface area contributed by atoms with Gasteiger partial charge in [-0.05, 0) is 12.1 Å². The van der Waals surface area contributed by atoms with Crippen LogP contribution in [0.1, 0.15) is 16.8 Å². The number of aromatic nitrogens is 2. The Morgan fingerprint density at radius 1 is 1.29 bits per heavy atom. The maximum absolute atomic E-state index is 12.2. The SMILES string of the molecule is Cn1c(=O)c(C(=O)CC#N)c(N)n(-c2ccccc2)c1=O. The van der Waals surface area contributed by atoms with E-state index in [4.69, 9.17) is 11.0 Å². The van der Waals surface area contributed by atoms with Gasteiger partial charge in [0.25, 0.3) is 5.56 Å². The van der Waals surface area contributed by atoms with Crippen LogP contribution in [0.3, 0.4) is 0 Å². The molecule has 0 radical (unpaired) electrons. The highest BCUT2D eigenvalue weighted by molar-refractivity contribution is 6.01. The third kappa shape index (κ3) is 2.34. The lowest BCUT2D eigenvalue weighted by Crippen LogP contribution is -2.42. The average molecular weight is 284 g/mol. The average Bonchev–Trinajstić information content (AvgIpc) is 2.47. The molecule has 0 aliphatic carbocycles. The van der Waals surface area contributed by atoms with Gasteiger partial charge in [-0.2, -0.15) is 5.26 Å². The first kappa shape index (κ1) is 14.3. The molecule has 106 valence electrons. The van der Waals surface area contributed by atoms with Crippen LogP contribution in [0.4, 0.5) is 5.82 Å². The summed E-state index contributed by atoms with van der Waals surface area (Å²) in [6.45, 7) is 0. The summed E-state index contributed by atoms with van der Waals surface area (Å²) in [6, 6.07) is 10.1. The molecule has 2 aromatic rings. The molecular weight excluding hydrogens is 272 g/mol. The first-order valence-corrected chi connectivity index (χ1v) is 6.06. The van der Waals surface area contributed by atoms with Crippen molar-refractivity contribution >= 4 is 11.6 Å². The Balaban J connectivity index is 2.86. The molecule has 0 unspecified atom stereocenters. The lowest BCUT2D eigenvalue weighted by molar-refractivity contribution is 0.0996. The highest BCUT2D eigenvalue weighted by Gasteiger charge is 2.21. The van der Waals surface area contributed by atoms with Crippen LogP contribution >= 0.6 is 0 Å². The van der Waals surface area contributed by atoms with Crippen molar-refractivity contribution in [2.45, 2.75) is 6.42 Å². The van der Waals surface area contributed by atoms with Crippen molar-refractivity contribution in [2.75, 3.05) is 5.73 Å². The van der Waals surface area contributed by atoms with E-state index in [1.54, 1.807) is 36.4 Å². The van der Waals surface area contributed by atoms with E-state index in [0.717, 1.165) is 9.13 Å². The summed E-state index contributed by atoms with van der Waals surface area (Å²) in [6.07, 6.45) is -0.480. The Morgan fingerprint density at radius 3 is 2.48 bits per heavy atom. The molecule has 0 fully saturated rings. The van der Waals surface area contributed by atoms with Crippen molar-refractivity contribution in [3.05, 3.63) is 56.7 Å². The Morgan fingerprint density at radius 2 is 1.90 bits per heavy atom. The van der Waals surface area contributed by atoms with E-state index in [9.17, 15) is 14.4 Å². The van der Waals surface area contributed by atoms with Crippen LogP contribution in [-0.4, -0.2) is 14.9 Å². The number of rotatable bonds is 3. The predicted octanol–water partition coefficient (Wildman–Crippen LogP) is 0.215. The van der Waals surface area contributed by atoms with Crippen molar-refractivity contribution < 1.29 is 4.79 Å². The van der Waals surface area contributed by atoms with Gasteiger partial charge in [-0.25, -0.2) is 9.36 Å². The van der Waals surface area contributed by atoms with E-state index in [1.807, 2.05) is 0 Å². The minimum absolute atomic E-state index is 0.255. The molecule has 21 heavy (non-hydrogen) atoms. The van der Waals surface area contributed by atoms with E-state index in [1.165, 1.54) is 7.05 Å². The summed E-state index contributed by atoms with van der Waals surface area (Å²) in [7, 11) is 1.26. The zero-order chi connectivity index (χ0) is 15.6. The topological polar surface area (TPSA) is 111 Å². The van der Waals surface area contributed by atoms with Crippen LogP contribution in [0.25, 0.3) is 5.69 Å². The number of hydrogen-bond acceptors (Lipinski definition) is 5. The second-order valence-corrected chi connectivity index (χ2v) is 4.34. The number of carbonyl (C=O) groups is 1. The lowest BCUT2D eigenvalue weighted by Gasteiger charge is -2.13. The molecule has 0 aliphatic rings. The minimum Gasteiger partial charge on any atom is -0.384 e. The standard InChI is InChI=1S/C14H12N4O3/c1-17-13(20)11(10(19)7-8-15)12(16)18(14(17)21)9-5-3-2-4-6-9/h2-6H,7,16H2,1H3. The van der Waals surface area contributed by atoms with E-state index in [0.29, 0.717) is 5.69 Å². The van der Waals surface area contributed by atoms with Gasteiger partial charge in [0.1, 0.15) is 11.4 Å². The fraction of sp³-hybridized carbons (Fsp3) is 0.143. The molecule has 2 N–H and O–H groups in total. The Bertz CT molecular complexity index is 857. The fourth-order valence-electron chi connectivity index (χ4n) is 1.98. The first-order chi connectivity index (χ1) is 9.99. The summed E-state index contributed by atoms with van der Waals surface area (Å²) in [5, 5.41) is 8.60. The molecule has 1 aromatic heterocycles. The van der Waals surface area contributed by atoms with Gasteiger partial charge in [-0.15, -0.1) is 0 Å². The summed E-state index contributed by atoms with van der Waals surface area (Å²) < 4.78 is 1.87. The summed E-state index contributed by atoms with van der Waals surface area (Å²) in [4.78, 5) is 36.2. The van der Waals surface area contributed by atoms with E-state index in [2.05, 4.69) is 0 Å². The summed E-state index contributed by atoms with van der Waals surface area (Å²) in [5.74, 6) is -0.963. The molecule has 2 rings (SSSR count). The quantitative estimate of drug-likeness (QED) is 0.810. The van der Waals surface area contributed by atoms with Crippen LogP contribution in [0.15, 0.2) is 39.9 Å². The first-order valence-electron chi connectivity index (χ1n) is 6.06. The van der Waals surface area contributed by atoms with Gasteiger partial charge < -0.3 is 5.73 Å². The van der Waals surface area contributed by atoms with Crippen molar-refractivity contribution in [3.63, 3.8) is 0 Å². The number of anilines is 1. The fourth-order valence-corrected chi connectivity index (χ4v) is 1.98. The Hall–Kier alpha value is -3.14. The molecule has 0 saturated carbocycles. The number of nitriles is 1. The van der Waals surface area contributed by atoms with E-state index < -0.39 is 23.5 Å². The normalized spacial score (nSPS) is 10.1. The number of nitrogen functional groups attached to an aromatic ring is 1. The van der Waals surface area contributed by atoms with E-state index >= 15 is 0 Å². The van der Waals surface area contributed by atoms with Crippen molar-refractivity contribution in [1.82, 2.24) is 9.13 Å². The zero-order valence-electron chi connectivity index (χ0n) is 11.2. The van der Waals surface area contributed by atoms with Gasteiger partial charge in [0.2, 0.25) is 0 Å². The molecule has 7 nitrogen and oxygen atoms in total.